The first-order valence-electron chi connectivity index (χ1n) is 19.7. The largest absolute Gasteiger partial charge is 0.456 e. The van der Waals surface area contributed by atoms with Crippen molar-refractivity contribution in [3.8, 4) is 0 Å². The Morgan fingerprint density at radius 2 is 1.66 bits per heavy atom. The summed E-state index contributed by atoms with van der Waals surface area (Å²) in [5.74, 6) is -2.72. The molecule has 1 amide bonds. The summed E-state index contributed by atoms with van der Waals surface area (Å²) in [6.45, 7) is 12.1. The van der Waals surface area contributed by atoms with E-state index in [2.05, 4.69) is 13.8 Å². The number of fused-ring (bicyclic) bond motifs is 3. The van der Waals surface area contributed by atoms with E-state index in [-0.39, 0.29) is 48.5 Å². The van der Waals surface area contributed by atoms with Crippen molar-refractivity contribution in [3.05, 3.63) is 71.4 Å². The molecular formula is C43H65NO9. The summed E-state index contributed by atoms with van der Waals surface area (Å²) >= 11 is 0. The van der Waals surface area contributed by atoms with Crippen molar-refractivity contribution in [2.75, 3.05) is 6.54 Å². The molecule has 0 aromatic carbocycles. The van der Waals surface area contributed by atoms with Gasteiger partial charge in [0.15, 0.2) is 5.79 Å². The topological polar surface area (TPSA) is 157 Å². The summed E-state index contributed by atoms with van der Waals surface area (Å²) in [5, 5.41) is 53.7. The summed E-state index contributed by atoms with van der Waals surface area (Å²) in [5.41, 5.74) is 2.48. The van der Waals surface area contributed by atoms with Crippen molar-refractivity contribution < 1.29 is 44.6 Å². The molecule has 3 aliphatic heterocycles. The van der Waals surface area contributed by atoms with Gasteiger partial charge < -0.3 is 39.9 Å². The number of aliphatic hydroxyl groups excluding tert-OH is 4. The number of carbonyl (C=O) groups excluding carboxylic acids is 2. The van der Waals surface area contributed by atoms with Gasteiger partial charge in [-0.3, -0.25) is 4.79 Å². The van der Waals surface area contributed by atoms with Crippen LogP contribution >= 0.6 is 0 Å². The molecule has 10 nitrogen and oxygen atoms in total. The average Bonchev–Trinajstić information content (AvgIpc) is 3.10. The molecule has 4 rings (SSSR count). The first-order valence-corrected chi connectivity index (χ1v) is 19.7. The number of cyclic esters (lactones) is 1. The third-order valence-electron chi connectivity index (χ3n) is 11.5. The summed E-state index contributed by atoms with van der Waals surface area (Å²) < 4.78 is 12.6. The van der Waals surface area contributed by atoms with Crippen molar-refractivity contribution >= 4 is 11.9 Å². The van der Waals surface area contributed by atoms with E-state index in [4.69, 9.17) is 9.47 Å². The highest BCUT2D eigenvalue weighted by molar-refractivity contribution is 5.85. The minimum absolute atomic E-state index is 0.0596. The number of hydrogen-bond donors (Lipinski definition) is 5. The predicted octanol–water partition coefficient (Wildman–Crippen LogP) is 5.60. The highest BCUT2D eigenvalue weighted by Gasteiger charge is 2.48. The zero-order chi connectivity index (χ0) is 38.9. The Labute approximate surface area is 316 Å². The highest BCUT2D eigenvalue weighted by Crippen LogP contribution is 2.41. The molecule has 1 aliphatic carbocycles. The number of aliphatic hydroxyl groups is 5. The Kier molecular flexibility index (Phi) is 15.9. The second-order valence-electron chi connectivity index (χ2n) is 16.3. The van der Waals surface area contributed by atoms with Gasteiger partial charge in [0.1, 0.15) is 12.1 Å². The van der Waals surface area contributed by atoms with Gasteiger partial charge in [-0.1, -0.05) is 86.6 Å². The van der Waals surface area contributed by atoms with Crippen LogP contribution in [0.1, 0.15) is 106 Å². The predicted molar refractivity (Wildman–Crippen MR) is 205 cm³/mol. The van der Waals surface area contributed by atoms with Crippen molar-refractivity contribution in [1.29, 1.82) is 0 Å². The third kappa shape index (κ3) is 12.3. The zero-order valence-corrected chi connectivity index (χ0v) is 32.6. The summed E-state index contributed by atoms with van der Waals surface area (Å²) in [6, 6.07) is -0.831. The van der Waals surface area contributed by atoms with E-state index in [1.54, 1.807) is 17.1 Å². The van der Waals surface area contributed by atoms with Crippen molar-refractivity contribution in [2.45, 2.75) is 154 Å². The number of rotatable bonds is 3. The molecule has 3 heterocycles. The quantitative estimate of drug-likeness (QED) is 0.141. The van der Waals surface area contributed by atoms with Gasteiger partial charge in [-0.25, -0.2) is 4.79 Å². The Morgan fingerprint density at radius 3 is 2.40 bits per heavy atom. The fourth-order valence-corrected chi connectivity index (χ4v) is 8.17. The summed E-state index contributed by atoms with van der Waals surface area (Å²) in [4.78, 5) is 29.6. The monoisotopic (exact) mass is 739 g/mol. The van der Waals surface area contributed by atoms with Crippen LogP contribution in [0.25, 0.3) is 0 Å². The van der Waals surface area contributed by atoms with Crippen molar-refractivity contribution in [1.82, 2.24) is 4.90 Å². The van der Waals surface area contributed by atoms with Gasteiger partial charge in [-0.2, -0.15) is 0 Å². The molecule has 0 radical (unpaired) electrons. The number of esters is 1. The summed E-state index contributed by atoms with van der Waals surface area (Å²) in [6.07, 6.45) is 16.8. The van der Waals surface area contributed by atoms with E-state index in [1.807, 2.05) is 70.2 Å². The molecular weight excluding hydrogens is 674 g/mol. The molecule has 0 spiro atoms. The maximum absolute atomic E-state index is 14.0. The minimum atomic E-state index is -1.68. The van der Waals surface area contributed by atoms with Crippen LogP contribution < -0.4 is 0 Å². The molecule has 12 unspecified atom stereocenters. The second kappa shape index (κ2) is 19.6. The van der Waals surface area contributed by atoms with Crippen LogP contribution in [0.3, 0.4) is 0 Å². The molecule has 12 atom stereocenters. The maximum Gasteiger partial charge on any atom is 0.329 e. The molecule has 10 heteroatoms. The van der Waals surface area contributed by atoms with Crippen LogP contribution in [0, 0.1) is 23.7 Å². The lowest BCUT2D eigenvalue weighted by molar-refractivity contribution is -0.301. The Balaban J connectivity index is 1.64. The van der Waals surface area contributed by atoms with E-state index in [0.717, 1.165) is 29.6 Å². The average molecular weight is 740 g/mol. The van der Waals surface area contributed by atoms with Gasteiger partial charge in [0.05, 0.1) is 36.9 Å². The molecule has 4 aliphatic rings. The van der Waals surface area contributed by atoms with Crippen LogP contribution in [0.5, 0.6) is 0 Å². The summed E-state index contributed by atoms with van der Waals surface area (Å²) in [7, 11) is 0. The number of nitrogens with zero attached hydrogens (tertiary/aromatic N) is 1. The van der Waals surface area contributed by atoms with Gasteiger partial charge in [0.2, 0.25) is 5.91 Å². The van der Waals surface area contributed by atoms with Gasteiger partial charge in [0.25, 0.3) is 0 Å². The fraction of sp³-hybridized carbons (Fsp3) is 0.674. The standard InChI is InChI=1S/C43H65NO9/c1-27-14-17-34(45)12-8-7-11-29(3)41-31(5)23-32(6)43(51,53-41)26-40(49)44-20-10-9-13-36(44)42(50)52-39(25-35(46)18-15-27)30(4)21-28(2)22-33-16-19-37(47)38(48)24-33/h7-8,14-17,19,21-22,29,31-39,41,45-48,51H,9-13,18,20,23-26H2,1-6H3/b8-7+,17-14+,27-15-,28-22+,30-21+. The lowest BCUT2D eigenvalue weighted by atomic mass is 9.78. The Bertz CT molecular complexity index is 1430. The number of allylic oxidation sites excluding steroid dienone is 7. The first kappa shape index (κ1) is 42.9. The minimum Gasteiger partial charge on any atom is -0.456 e. The Morgan fingerprint density at radius 1 is 0.925 bits per heavy atom. The van der Waals surface area contributed by atoms with E-state index >= 15 is 0 Å². The lowest BCUT2D eigenvalue weighted by Gasteiger charge is -2.47. The SMILES string of the molecule is CC1=C/CC(O)CC(/C(C)=C/C(C)=C/C2C=CC(O)C(O)C2)OC(=O)C2CCCCN2C(=O)CC2(O)OC(C(C)C/C=C/CC(O)\C=C\1)C(C)CC2C. The second-order valence-corrected chi connectivity index (χ2v) is 16.3. The Hall–Kier alpha value is -2.86. The van der Waals surface area contributed by atoms with Gasteiger partial charge in [-0.15, -0.1) is 0 Å². The number of hydrogen-bond acceptors (Lipinski definition) is 9. The number of amides is 1. The van der Waals surface area contributed by atoms with Gasteiger partial charge in [-0.05, 0) is 95.5 Å². The molecule has 2 saturated heterocycles. The van der Waals surface area contributed by atoms with E-state index in [0.29, 0.717) is 45.1 Å². The van der Waals surface area contributed by atoms with Crippen LogP contribution in [-0.4, -0.2) is 97.3 Å². The molecule has 0 aromatic rings. The molecule has 296 valence electrons. The molecule has 0 aromatic heterocycles. The van der Waals surface area contributed by atoms with Crippen LogP contribution in [0.4, 0.5) is 0 Å². The highest BCUT2D eigenvalue weighted by atomic mass is 16.6. The molecule has 2 fully saturated rings. The van der Waals surface area contributed by atoms with Gasteiger partial charge >= 0.3 is 5.97 Å². The molecule has 53 heavy (non-hydrogen) atoms. The number of piperidine rings is 1. The normalized spacial score (nSPS) is 41.5. The first-order chi connectivity index (χ1) is 25.1. The van der Waals surface area contributed by atoms with Crippen molar-refractivity contribution in [2.24, 2.45) is 23.7 Å². The lowest BCUT2D eigenvalue weighted by Crippen LogP contribution is -2.56. The zero-order valence-electron chi connectivity index (χ0n) is 32.6. The fourth-order valence-electron chi connectivity index (χ4n) is 8.17. The molecule has 2 bridgehead atoms. The van der Waals surface area contributed by atoms with Gasteiger partial charge in [0, 0.05) is 18.9 Å². The van der Waals surface area contributed by atoms with E-state index in [9.17, 15) is 35.1 Å². The number of ether oxygens (including phenoxy) is 2. The molecule has 0 saturated carbocycles. The van der Waals surface area contributed by atoms with Crippen molar-refractivity contribution in [3.63, 3.8) is 0 Å². The third-order valence-corrected chi connectivity index (χ3v) is 11.5. The maximum atomic E-state index is 14.0. The van der Waals surface area contributed by atoms with Crippen LogP contribution in [-0.2, 0) is 19.1 Å². The number of carbonyl (C=O) groups is 2. The smallest absolute Gasteiger partial charge is 0.329 e. The molecule has 5 N–H and O–H groups in total. The van der Waals surface area contributed by atoms with E-state index in [1.165, 1.54) is 0 Å². The van der Waals surface area contributed by atoms with E-state index < -0.39 is 48.3 Å². The van der Waals surface area contributed by atoms with Crippen LogP contribution in [0.2, 0.25) is 0 Å². The van der Waals surface area contributed by atoms with Crippen LogP contribution in [0.15, 0.2) is 71.4 Å².